The van der Waals surface area contributed by atoms with Crippen LogP contribution in [0.2, 0.25) is 0 Å². The minimum absolute atomic E-state index is 0.109. The van der Waals surface area contributed by atoms with E-state index in [0.717, 1.165) is 18.4 Å². The minimum atomic E-state index is -0.229. The number of rotatable bonds is 3. The molecule has 2 rings (SSSR count). The average molecular weight is 206 g/mol. The van der Waals surface area contributed by atoms with Gasteiger partial charge in [0.2, 0.25) is 0 Å². The number of phenols is 1. The SMILES string of the molecule is O=C(Cc1cccc(O)c1)C1CCCO1. The zero-order valence-corrected chi connectivity index (χ0v) is 8.48. The van der Waals surface area contributed by atoms with E-state index in [1.807, 2.05) is 6.07 Å². The molecule has 1 heterocycles. The fraction of sp³-hybridized carbons (Fsp3) is 0.417. The number of ketones is 1. The summed E-state index contributed by atoms with van der Waals surface area (Å²) in [5, 5.41) is 9.25. The lowest BCUT2D eigenvalue weighted by Gasteiger charge is -2.07. The number of ether oxygens (including phenoxy) is 1. The Balaban J connectivity index is 1.99. The summed E-state index contributed by atoms with van der Waals surface area (Å²) in [5.41, 5.74) is 0.843. The fourth-order valence-corrected chi connectivity index (χ4v) is 1.81. The molecule has 0 saturated carbocycles. The van der Waals surface area contributed by atoms with E-state index in [1.165, 1.54) is 0 Å². The van der Waals surface area contributed by atoms with Gasteiger partial charge in [-0.15, -0.1) is 0 Å². The van der Waals surface area contributed by atoms with Crippen molar-refractivity contribution in [1.82, 2.24) is 0 Å². The van der Waals surface area contributed by atoms with Crippen LogP contribution < -0.4 is 0 Å². The molecule has 1 atom stereocenters. The number of Topliss-reactive ketones (excluding diaryl/α,β-unsaturated/α-hetero) is 1. The Bertz CT molecular complexity index is 354. The fourth-order valence-electron chi connectivity index (χ4n) is 1.81. The van der Waals surface area contributed by atoms with E-state index < -0.39 is 0 Å². The lowest BCUT2D eigenvalue weighted by Crippen LogP contribution is -2.21. The van der Waals surface area contributed by atoms with E-state index in [0.29, 0.717) is 13.0 Å². The molecule has 0 aromatic heterocycles. The molecule has 0 aliphatic carbocycles. The van der Waals surface area contributed by atoms with Crippen LogP contribution in [0.15, 0.2) is 24.3 Å². The van der Waals surface area contributed by atoms with Crippen LogP contribution in [0, 0.1) is 0 Å². The Labute approximate surface area is 88.7 Å². The van der Waals surface area contributed by atoms with E-state index >= 15 is 0 Å². The molecule has 0 spiro atoms. The molecule has 1 unspecified atom stereocenters. The quantitative estimate of drug-likeness (QED) is 0.818. The molecule has 0 radical (unpaired) electrons. The first-order valence-corrected chi connectivity index (χ1v) is 5.18. The van der Waals surface area contributed by atoms with Crippen LogP contribution >= 0.6 is 0 Å². The largest absolute Gasteiger partial charge is 0.508 e. The van der Waals surface area contributed by atoms with Gasteiger partial charge >= 0.3 is 0 Å². The second-order valence-electron chi connectivity index (χ2n) is 3.81. The van der Waals surface area contributed by atoms with Crippen LogP contribution in [-0.4, -0.2) is 23.6 Å². The third-order valence-corrected chi connectivity index (χ3v) is 2.58. The third kappa shape index (κ3) is 2.57. The second-order valence-corrected chi connectivity index (χ2v) is 3.81. The van der Waals surface area contributed by atoms with Crippen LogP contribution in [-0.2, 0) is 16.0 Å². The standard InChI is InChI=1S/C12H14O3/c13-10-4-1-3-9(7-10)8-11(14)12-5-2-6-15-12/h1,3-4,7,12-13H,2,5-6,8H2. The Morgan fingerprint density at radius 3 is 3.07 bits per heavy atom. The Hall–Kier alpha value is -1.35. The molecule has 80 valence electrons. The number of benzene rings is 1. The van der Waals surface area contributed by atoms with E-state index in [1.54, 1.807) is 18.2 Å². The first-order valence-electron chi connectivity index (χ1n) is 5.18. The summed E-state index contributed by atoms with van der Waals surface area (Å²) in [6.07, 6.45) is 1.92. The summed E-state index contributed by atoms with van der Waals surface area (Å²) < 4.78 is 5.31. The maximum atomic E-state index is 11.7. The van der Waals surface area contributed by atoms with Crippen molar-refractivity contribution in [2.75, 3.05) is 6.61 Å². The van der Waals surface area contributed by atoms with Gasteiger partial charge in [-0.1, -0.05) is 12.1 Å². The van der Waals surface area contributed by atoms with Crippen LogP contribution in [0.1, 0.15) is 18.4 Å². The smallest absolute Gasteiger partial charge is 0.165 e. The van der Waals surface area contributed by atoms with Gasteiger partial charge in [-0.2, -0.15) is 0 Å². The second kappa shape index (κ2) is 4.45. The van der Waals surface area contributed by atoms with Gasteiger partial charge in [0.15, 0.2) is 5.78 Å². The Morgan fingerprint density at radius 2 is 2.40 bits per heavy atom. The van der Waals surface area contributed by atoms with Gasteiger partial charge in [0.05, 0.1) is 0 Å². The van der Waals surface area contributed by atoms with E-state index in [2.05, 4.69) is 0 Å². The molecule has 1 saturated heterocycles. The molecule has 15 heavy (non-hydrogen) atoms. The number of hydrogen-bond acceptors (Lipinski definition) is 3. The zero-order chi connectivity index (χ0) is 10.7. The number of aromatic hydroxyl groups is 1. The summed E-state index contributed by atoms with van der Waals surface area (Å²) in [6.45, 7) is 0.691. The maximum Gasteiger partial charge on any atom is 0.165 e. The van der Waals surface area contributed by atoms with Gasteiger partial charge in [-0.25, -0.2) is 0 Å². The van der Waals surface area contributed by atoms with Crippen molar-refractivity contribution < 1.29 is 14.6 Å². The Morgan fingerprint density at radius 1 is 1.53 bits per heavy atom. The number of hydrogen-bond donors (Lipinski definition) is 1. The number of carbonyl (C=O) groups is 1. The third-order valence-electron chi connectivity index (χ3n) is 2.58. The normalized spacial score (nSPS) is 20.4. The summed E-state index contributed by atoms with van der Waals surface area (Å²) in [4.78, 5) is 11.7. The van der Waals surface area contributed by atoms with E-state index in [4.69, 9.17) is 4.74 Å². The molecular weight excluding hydrogens is 192 g/mol. The van der Waals surface area contributed by atoms with Gasteiger partial charge in [-0.05, 0) is 30.5 Å². The molecule has 1 aliphatic heterocycles. The first kappa shape index (κ1) is 10.2. The lowest BCUT2D eigenvalue weighted by molar-refractivity contribution is -0.127. The van der Waals surface area contributed by atoms with Gasteiger partial charge in [0, 0.05) is 13.0 Å². The van der Waals surface area contributed by atoms with E-state index in [9.17, 15) is 9.90 Å². The lowest BCUT2D eigenvalue weighted by atomic mass is 10.0. The van der Waals surface area contributed by atoms with Crippen molar-refractivity contribution in [3.8, 4) is 5.75 Å². The van der Waals surface area contributed by atoms with Crippen LogP contribution in [0.3, 0.4) is 0 Å². The summed E-state index contributed by atoms with van der Waals surface area (Å²) in [7, 11) is 0. The van der Waals surface area contributed by atoms with Gasteiger partial charge in [-0.3, -0.25) is 4.79 Å². The maximum absolute atomic E-state index is 11.7. The first-order chi connectivity index (χ1) is 7.25. The summed E-state index contributed by atoms with van der Waals surface area (Å²) in [6, 6.07) is 6.80. The highest BCUT2D eigenvalue weighted by atomic mass is 16.5. The molecule has 3 heteroatoms. The van der Waals surface area contributed by atoms with Gasteiger partial charge in [0.25, 0.3) is 0 Å². The highest BCUT2D eigenvalue weighted by molar-refractivity contribution is 5.85. The molecule has 1 N–H and O–H groups in total. The summed E-state index contributed by atoms with van der Waals surface area (Å²) in [5.74, 6) is 0.311. The minimum Gasteiger partial charge on any atom is -0.508 e. The highest BCUT2D eigenvalue weighted by Gasteiger charge is 2.23. The van der Waals surface area contributed by atoms with Gasteiger partial charge in [0.1, 0.15) is 11.9 Å². The molecule has 0 bridgehead atoms. The van der Waals surface area contributed by atoms with Crippen molar-refractivity contribution in [2.45, 2.75) is 25.4 Å². The van der Waals surface area contributed by atoms with Crippen molar-refractivity contribution in [3.63, 3.8) is 0 Å². The zero-order valence-electron chi connectivity index (χ0n) is 8.48. The van der Waals surface area contributed by atoms with Crippen molar-refractivity contribution in [2.24, 2.45) is 0 Å². The molecule has 1 aromatic rings. The summed E-state index contributed by atoms with van der Waals surface area (Å²) >= 11 is 0. The topological polar surface area (TPSA) is 46.5 Å². The van der Waals surface area contributed by atoms with Crippen molar-refractivity contribution >= 4 is 5.78 Å². The van der Waals surface area contributed by atoms with Crippen LogP contribution in [0.4, 0.5) is 0 Å². The van der Waals surface area contributed by atoms with Gasteiger partial charge < -0.3 is 9.84 Å². The molecule has 0 amide bonds. The number of phenolic OH excluding ortho intramolecular Hbond substituents is 1. The molecule has 1 aromatic carbocycles. The molecule has 1 fully saturated rings. The average Bonchev–Trinajstić information content (AvgIpc) is 2.70. The monoisotopic (exact) mass is 206 g/mol. The Kier molecular flexibility index (Phi) is 3.02. The highest BCUT2D eigenvalue weighted by Crippen LogP contribution is 2.17. The molecule has 1 aliphatic rings. The predicted octanol–water partition coefficient (Wildman–Crippen LogP) is 1.68. The van der Waals surface area contributed by atoms with Crippen molar-refractivity contribution in [1.29, 1.82) is 0 Å². The number of carbonyl (C=O) groups excluding carboxylic acids is 1. The molecule has 3 nitrogen and oxygen atoms in total. The predicted molar refractivity (Wildman–Crippen MR) is 55.8 cm³/mol. The molecular formula is C12H14O3. The van der Waals surface area contributed by atoms with E-state index in [-0.39, 0.29) is 17.6 Å². The van der Waals surface area contributed by atoms with Crippen LogP contribution in [0.5, 0.6) is 5.75 Å². The van der Waals surface area contributed by atoms with Crippen molar-refractivity contribution in [3.05, 3.63) is 29.8 Å². The van der Waals surface area contributed by atoms with Crippen LogP contribution in [0.25, 0.3) is 0 Å².